The molecule has 0 fully saturated rings. The number of aryl methyl sites for hydroxylation is 2. The minimum absolute atomic E-state index is 0.143. The number of carbonyl (C=O) groups excluding carboxylic acids is 1. The van der Waals surface area contributed by atoms with E-state index in [4.69, 9.17) is 4.74 Å². The second-order valence-corrected chi connectivity index (χ2v) is 8.05. The topological polar surface area (TPSA) is 84.5 Å². The fourth-order valence-corrected chi connectivity index (χ4v) is 3.23. The maximum atomic E-state index is 12.2. The standard InChI is InChI=1S/C15H22N2O4S/c1-15(2,3)21-14(18)16-17-22(19,20)13-9-8-11-6-4-5-7-12(11)10-13/h8-10,17H,4-7H2,1-3H3,(H,16,18). The zero-order chi connectivity index (χ0) is 16.4. The summed E-state index contributed by atoms with van der Waals surface area (Å²) in [5.41, 5.74) is 3.63. The highest BCUT2D eigenvalue weighted by molar-refractivity contribution is 7.89. The van der Waals surface area contributed by atoms with Gasteiger partial charge in [-0.1, -0.05) is 6.07 Å². The van der Waals surface area contributed by atoms with E-state index in [0.29, 0.717) is 0 Å². The second kappa shape index (κ2) is 6.26. The molecule has 0 heterocycles. The Balaban J connectivity index is 2.06. The summed E-state index contributed by atoms with van der Waals surface area (Å²) in [6, 6.07) is 5.08. The molecule has 0 saturated heterocycles. The SMILES string of the molecule is CC(C)(C)OC(=O)NNS(=O)(=O)c1ccc2c(c1)CCCC2. The Morgan fingerprint density at radius 1 is 1.14 bits per heavy atom. The quantitative estimate of drug-likeness (QED) is 0.835. The van der Waals surface area contributed by atoms with E-state index in [0.717, 1.165) is 31.2 Å². The molecule has 122 valence electrons. The summed E-state index contributed by atoms with van der Waals surface area (Å²) in [7, 11) is -3.81. The van der Waals surface area contributed by atoms with Gasteiger partial charge in [-0.25, -0.2) is 18.6 Å². The van der Waals surface area contributed by atoms with Crippen LogP contribution in [-0.2, 0) is 27.6 Å². The van der Waals surface area contributed by atoms with Gasteiger partial charge in [0.1, 0.15) is 5.60 Å². The Morgan fingerprint density at radius 3 is 2.41 bits per heavy atom. The summed E-state index contributed by atoms with van der Waals surface area (Å²) in [6.07, 6.45) is 3.24. The van der Waals surface area contributed by atoms with E-state index in [1.807, 2.05) is 6.07 Å². The van der Waals surface area contributed by atoms with Gasteiger partial charge in [0.2, 0.25) is 0 Å². The third-order valence-electron chi connectivity index (χ3n) is 3.32. The van der Waals surface area contributed by atoms with E-state index in [1.54, 1.807) is 32.9 Å². The molecular formula is C15H22N2O4S. The monoisotopic (exact) mass is 326 g/mol. The van der Waals surface area contributed by atoms with Gasteiger partial charge in [-0.3, -0.25) is 0 Å². The number of hydrazine groups is 1. The van der Waals surface area contributed by atoms with Crippen LogP contribution < -0.4 is 10.3 Å². The lowest BCUT2D eigenvalue weighted by molar-refractivity contribution is 0.0515. The Hall–Kier alpha value is -1.60. The normalized spacial score (nSPS) is 15.0. The predicted molar refractivity (Wildman–Crippen MR) is 82.8 cm³/mol. The van der Waals surface area contributed by atoms with E-state index in [9.17, 15) is 13.2 Å². The van der Waals surface area contributed by atoms with Crippen molar-refractivity contribution in [3.63, 3.8) is 0 Å². The van der Waals surface area contributed by atoms with Crippen LogP contribution in [0.5, 0.6) is 0 Å². The number of hydrogen-bond donors (Lipinski definition) is 2. The van der Waals surface area contributed by atoms with Crippen LogP contribution in [0.25, 0.3) is 0 Å². The second-order valence-electron chi connectivity index (χ2n) is 6.37. The summed E-state index contributed by atoms with van der Waals surface area (Å²) in [5.74, 6) is 0. The van der Waals surface area contributed by atoms with Crippen LogP contribution in [-0.4, -0.2) is 20.1 Å². The molecule has 1 aliphatic rings. The Labute approximate surface area is 131 Å². The van der Waals surface area contributed by atoms with Crippen molar-refractivity contribution in [2.75, 3.05) is 0 Å². The van der Waals surface area contributed by atoms with Gasteiger partial charge in [0, 0.05) is 0 Å². The molecule has 0 atom stereocenters. The van der Waals surface area contributed by atoms with Crippen LogP contribution in [0.2, 0.25) is 0 Å². The van der Waals surface area contributed by atoms with Crippen molar-refractivity contribution < 1.29 is 17.9 Å². The molecule has 0 aromatic heterocycles. The predicted octanol–water partition coefficient (Wildman–Crippen LogP) is 2.28. The summed E-state index contributed by atoms with van der Waals surface area (Å²) in [4.78, 5) is 13.7. The molecular weight excluding hydrogens is 304 g/mol. The number of benzene rings is 1. The molecule has 0 radical (unpaired) electrons. The van der Waals surface area contributed by atoms with Crippen LogP contribution in [0.15, 0.2) is 23.1 Å². The summed E-state index contributed by atoms with van der Waals surface area (Å²) in [5, 5.41) is 0. The number of ether oxygens (including phenoxy) is 1. The lowest BCUT2D eigenvalue weighted by Crippen LogP contribution is -2.44. The molecule has 0 bridgehead atoms. The maximum Gasteiger partial charge on any atom is 0.423 e. The summed E-state index contributed by atoms with van der Waals surface area (Å²) in [6.45, 7) is 5.10. The van der Waals surface area contributed by atoms with Crippen LogP contribution in [0.1, 0.15) is 44.7 Å². The Bertz CT molecular complexity index is 663. The first-order valence-electron chi connectivity index (χ1n) is 7.30. The molecule has 1 aromatic rings. The third-order valence-corrected chi connectivity index (χ3v) is 4.56. The molecule has 2 rings (SSSR count). The summed E-state index contributed by atoms with van der Waals surface area (Å²) >= 11 is 0. The minimum Gasteiger partial charge on any atom is -0.443 e. The van der Waals surface area contributed by atoms with E-state index in [1.165, 1.54) is 5.56 Å². The largest absolute Gasteiger partial charge is 0.443 e. The summed E-state index contributed by atoms with van der Waals surface area (Å²) < 4.78 is 29.4. The van der Waals surface area contributed by atoms with Crippen LogP contribution >= 0.6 is 0 Å². The zero-order valence-electron chi connectivity index (χ0n) is 13.1. The van der Waals surface area contributed by atoms with Gasteiger partial charge < -0.3 is 4.74 Å². The molecule has 2 N–H and O–H groups in total. The lowest BCUT2D eigenvalue weighted by Gasteiger charge is -2.20. The van der Waals surface area contributed by atoms with Crippen molar-refractivity contribution in [3.8, 4) is 0 Å². The van der Waals surface area contributed by atoms with Crippen molar-refractivity contribution in [3.05, 3.63) is 29.3 Å². The van der Waals surface area contributed by atoms with Crippen LogP contribution in [0.4, 0.5) is 4.79 Å². The van der Waals surface area contributed by atoms with Gasteiger partial charge in [0.15, 0.2) is 0 Å². The van der Waals surface area contributed by atoms with E-state index >= 15 is 0 Å². The van der Waals surface area contributed by atoms with Crippen molar-refractivity contribution in [2.24, 2.45) is 0 Å². The average molecular weight is 326 g/mol. The smallest absolute Gasteiger partial charge is 0.423 e. The first-order chi connectivity index (χ1) is 10.2. The van der Waals surface area contributed by atoms with Gasteiger partial charge in [-0.05, 0) is 69.7 Å². The Kier molecular flexibility index (Phi) is 4.77. The fourth-order valence-electron chi connectivity index (χ4n) is 2.35. The van der Waals surface area contributed by atoms with Gasteiger partial charge in [0.25, 0.3) is 10.0 Å². The van der Waals surface area contributed by atoms with E-state index in [-0.39, 0.29) is 4.90 Å². The highest BCUT2D eigenvalue weighted by atomic mass is 32.2. The molecule has 7 heteroatoms. The molecule has 0 aliphatic heterocycles. The number of nitrogens with one attached hydrogen (secondary N) is 2. The van der Waals surface area contributed by atoms with Gasteiger partial charge in [-0.2, -0.15) is 0 Å². The van der Waals surface area contributed by atoms with Crippen molar-refractivity contribution in [1.82, 2.24) is 10.3 Å². The number of fused-ring (bicyclic) bond motifs is 1. The van der Waals surface area contributed by atoms with Crippen LogP contribution in [0.3, 0.4) is 0 Å². The molecule has 1 aliphatic carbocycles. The molecule has 6 nitrogen and oxygen atoms in total. The maximum absolute atomic E-state index is 12.2. The molecule has 1 aromatic carbocycles. The highest BCUT2D eigenvalue weighted by Gasteiger charge is 2.21. The fraction of sp³-hybridized carbons (Fsp3) is 0.533. The average Bonchev–Trinajstić information content (AvgIpc) is 2.43. The van der Waals surface area contributed by atoms with E-state index < -0.39 is 21.7 Å². The number of hydrogen-bond acceptors (Lipinski definition) is 4. The van der Waals surface area contributed by atoms with Gasteiger partial charge >= 0.3 is 6.09 Å². The third kappa shape index (κ3) is 4.45. The molecule has 0 spiro atoms. The highest BCUT2D eigenvalue weighted by Crippen LogP contribution is 2.23. The first kappa shape index (κ1) is 16.8. The Morgan fingerprint density at radius 2 is 1.77 bits per heavy atom. The molecule has 1 amide bonds. The molecule has 0 unspecified atom stereocenters. The van der Waals surface area contributed by atoms with Crippen molar-refractivity contribution in [2.45, 2.75) is 57.0 Å². The zero-order valence-corrected chi connectivity index (χ0v) is 13.9. The van der Waals surface area contributed by atoms with E-state index in [2.05, 4.69) is 10.3 Å². The molecule has 22 heavy (non-hydrogen) atoms. The number of rotatable bonds is 3. The van der Waals surface area contributed by atoms with Crippen molar-refractivity contribution >= 4 is 16.1 Å². The molecule has 0 saturated carbocycles. The number of amides is 1. The van der Waals surface area contributed by atoms with Crippen LogP contribution in [0, 0.1) is 0 Å². The minimum atomic E-state index is -3.81. The lowest BCUT2D eigenvalue weighted by atomic mass is 9.92. The number of carbonyl (C=O) groups is 1. The first-order valence-corrected chi connectivity index (χ1v) is 8.78. The van der Waals surface area contributed by atoms with Crippen molar-refractivity contribution in [1.29, 1.82) is 0 Å². The number of sulfonamides is 1. The van der Waals surface area contributed by atoms with Gasteiger partial charge in [-0.15, -0.1) is 4.83 Å². The van der Waals surface area contributed by atoms with Gasteiger partial charge in [0.05, 0.1) is 4.90 Å².